The van der Waals surface area contributed by atoms with Gasteiger partial charge in [-0.25, -0.2) is 4.39 Å². The van der Waals surface area contributed by atoms with E-state index in [0.717, 1.165) is 6.07 Å². The molecule has 0 fully saturated rings. The van der Waals surface area contributed by atoms with Gasteiger partial charge in [0.1, 0.15) is 17.3 Å². The second kappa shape index (κ2) is 5.00. The van der Waals surface area contributed by atoms with E-state index in [9.17, 15) is 17.6 Å². The van der Waals surface area contributed by atoms with Crippen molar-refractivity contribution in [2.75, 3.05) is 6.54 Å². The smallest absolute Gasteiger partial charge is 0.361 e. The van der Waals surface area contributed by atoms with Crippen LogP contribution in [0.2, 0.25) is 0 Å². The zero-order valence-electron chi connectivity index (χ0n) is 9.67. The molecule has 0 saturated carbocycles. The summed E-state index contributed by atoms with van der Waals surface area (Å²) in [5, 5.41) is 3.64. The third-order valence-electron chi connectivity index (χ3n) is 2.52. The van der Waals surface area contributed by atoms with E-state index >= 15 is 0 Å². The maximum Gasteiger partial charge on any atom is 0.419 e. The molecule has 2 rings (SSSR count). The van der Waals surface area contributed by atoms with Gasteiger partial charge >= 0.3 is 6.18 Å². The molecule has 1 heterocycles. The average Bonchev–Trinajstić information content (AvgIpc) is 2.77. The zero-order chi connectivity index (χ0) is 14.0. The SMILES string of the molecule is NCCc1cc(-c2ccc(F)c(C(F)(F)F)c2)no1. The van der Waals surface area contributed by atoms with Gasteiger partial charge in [0.2, 0.25) is 0 Å². The molecule has 1 aromatic heterocycles. The van der Waals surface area contributed by atoms with E-state index in [1.54, 1.807) is 0 Å². The van der Waals surface area contributed by atoms with Crippen LogP contribution in [0, 0.1) is 5.82 Å². The van der Waals surface area contributed by atoms with Crippen LogP contribution in [-0.2, 0) is 12.6 Å². The molecular weight excluding hydrogens is 264 g/mol. The van der Waals surface area contributed by atoms with Crippen molar-refractivity contribution in [3.05, 3.63) is 41.4 Å². The minimum Gasteiger partial charge on any atom is -0.361 e. The number of benzene rings is 1. The molecule has 2 N–H and O–H groups in total. The molecule has 0 spiro atoms. The maximum atomic E-state index is 13.1. The Labute approximate surface area is 106 Å². The van der Waals surface area contributed by atoms with E-state index in [1.165, 1.54) is 12.1 Å². The Bertz CT molecular complexity index is 577. The van der Waals surface area contributed by atoms with Crippen LogP contribution < -0.4 is 5.73 Å². The minimum absolute atomic E-state index is 0.140. The number of hydrogen-bond acceptors (Lipinski definition) is 3. The van der Waals surface area contributed by atoms with Gasteiger partial charge in [-0.05, 0) is 24.7 Å². The Morgan fingerprint density at radius 2 is 1.95 bits per heavy atom. The van der Waals surface area contributed by atoms with Crippen LogP contribution in [-0.4, -0.2) is 11.7 Å². The van der Waals surface area contributed by atoms with Crippen molar-refractivity contribution in [1.29, 1.82) is 0 Å². The van der Waals surface area contributed by atoms with Gasteiger partial charge < -0.3 is 10.3 Å². The Hall–Kier alpha value is -1.89. The predicted octanol–water partition coefficient (Wildman–Crippen LogP) is 3.00. The highest BCUT2D eigenvalue weighted by Crippen LogP contribution is 2.34. The Morgan fingerprint density at radius 3 is 2.58 bits per heavy atom. The predicted molar refractivity (Wildman–Crippen MR) is 59.7 cm³/mol. The van der Waals surface area contributed by atoms with Gasteiger partial charge in [0.05, 0.1) is 5.56 Å². The van der Waals surface area contributed by atoms with Crippen LogP contribution in [0.1, 0.15) is 11.3 Å². The standard InChI is InChI=1S/C12H10F4N2O/c13-10-2-1-7(5-9(10)12(14,15)16)11-6-8(3-4-17)19-18-11/h1-2,5-6H,3-4,17H2. The number of nitrogens with two attached hydrogens (primary N) is 1. The first-order valence-electron chi connectivity index (χ1n) is 5.44. The molecule has 0 radical (unpaired) electrons. The Kier molecular flexibility index (Phi) is 3.57. The Morgan fingerprint density at radius 1 is 1.21 bits per heavy atom. The molecule has 1 aromatic carbocycles. The van der Waals surface area contributed by atoms with Crippen molar-refractivity contribution in [2.45, 2.75) is 12.6 Å². The van der Waals surface area contributed by atoms with E-state index in [0.29, 0.717) is 24.8 Å². The van der Waals surface area contributed by atoms with Gasteiger partial charge in [-0.2, -0.15) is 13.2 Å². The summed E-state index contributed by atoms with van der Waals surface area (Å²) in [7, 11) is 0. The van der Waals surface area contributed by atoms with E-state index in [-0.39, 0.29) is 11.3 Å². The van der Waals surface area contributed by atoms with Gasteiger partial charge in [-0.3, -0.25) is 0 Å². The molecule has 0 amide bonds. The van der Waals surface area contributed by atoms with E-state index in [2.05, 4.69) is 5.16 Å². The molecule has 19 heavy (non-hydrogen) atoms. The number of rotatable bonds is 3. The number of halogens is 4. The van der Waals surface area contributed by atoms with Gasteiger partial charge in [0, 0.05) is 18.1 Å². The molecule has 0 unspecified atom stereocenters. The van der Waals surface area contributed by atoms with E-state index in [1.807, 2.05) is 0 Å². The molecule has 0 aliphatic heterocycles. The Balaban J connectivity index is 2.39. The lowest BCUT2D eigenvalue weighted by molar-refractivity contribution is -0.139. The quantitative estimate of drug-likeness (QED) is 0.875. The lowest BCUT2D eigenvalue weighted by atomic mass is 10.1. The molecule has 2 aromatic rings. The molecule has 0 atom stereocenters. The second-order valence-corrected chi connectivity index (χ2v) is 3.91. The first-order chi connectivity index (χ1) is 8.91. The molecular formula is C12H10F4N2O. The summed E-state index contributed by atoms with van der Waals surface area (Å²) in [6.45, 7) is 0.339. The summed E-state index contributed by atoms with van der Waals surface area (Å²) in [5.74, 6) is -0.850. The molecule has 7 heteroatoms. The highest BCUT2D eigenvalue weighted by Gasteiger charge is 2.34. The van der Waals surface area contributed by atoms with Crippen molar-refractivity contribution in [2.24, 2.45) is 5.73 Å². The summed E-state index contributed by atoms with van der Waals surface area (Å²) in [6.07, 6.45) is -4.32. The van der Waals surface area contributed by atoms with Crippen molar-refractivity contribution >= 4 is 0 Å². The lowest BCUT2D eigenvalue weighted by Gasteiger charge is -2.08. The van der Waals surface area contributed by atoms with Crippen LogP contribution in [0.25, 0.3) is 11.3 Å². The van der Waals surface area contributed by atoms with Gasteiger partial charge in [-0.15, -0.1) is 0 Å². The maximum absolute atomic E-state index is 13.1. The average molecular weight is 274 g/mol. The second-order valence-electron chi connectivity index (χ2n) is 3.91. The summed E-state index contributed by atoms with van der Waals surface area (Å²) < 4.78 is 55.7. The number of hydrogen-bond donors (Lipinski definition) is 1. The number of nitrogens with zero attached hydrogens (tertiary/aromatic N) is 1. The van der Waals surface area contributed by atoms with Crippen LogP contribution >= 0.6 is 0 Å². The van der Waals surface area contributed by atoms with Crippen LogP contribution in [0.3, 0.4) is 0 Å². The first-order valence-corrected chi connectivity index (χ1v) is 5.44. The van der Waals surface area contributed by atoms with Gasteiger partial charge in [0.25, 0.3) is 0 Å². The fraction of sp³-hybridized carbons (Fsp3) is 0.250. The van der Waals surface area contributed by atoms with Crippen molar-refractivity contribution in [3.63, 3.8) is 0 Å². The van der Waals surface area contributed by atoms with Crippen molar-refractivity contribution < 1.29 is 22.1 Å². The molecule has 0 saturated heterocycles. The van der Waals surface area contributed by atoms with Gasteiger partial charge in [0.15, 0.2) is 0 Å². The molecule has 3 nitrogen and oxygen atoms in total. The zero-order valence-corrected chi connectivity index (χ0v) is 9.67. The van der Waals surface area contributed by atoms with Crippen molar-refractivity contribution in [1.82, 2.24) is 5.16 Å². The van der Waals surface area contributed by atoms with Gasteiger partial charge in [-0.1, -0.05) is 5.16 Å². The summed E-state index contributed by atoms with van der Waals surface area (Å²) in [4.78, 5) is 0. The normalized spacial score (nSPS) is 11.8. The van der Waals surface area contributed by atoms with Crippen LogP contribution in [0.5, 0.6) is 0 Å². The van der Waals surface area contributed by atoms with E-state index in [4.69, 9.17) is 10.3 Å². The van der Waals surface area contributed by atoms with E-state index < -0.39 is 17.6 Å². The monoisotopic (exact) mass is 274 g/mol. The largest absolute Gasteiger partial charge is 0.419 e. The fourth-order valence-corrected chi connectivity index (χ4v) is 1.61. The first kappa shape index (κ1) is 13.5. The third kappa shape index (κ3) is 2.93. The van der Waals surface area contributed by atoms with Crippen LogP contribution in [0.4, 0.5) is 17.6 Å². The highest BCUT2D eigenvalue weighted by molar-refractivity contribution is 5.60. The number of alkyl halides is 3. The lowest BCUT2D eigenvalue weighted by Crippen LogP contribution is -2.08. The minimum atomic E-state index is -4.75. The molecule has 0 aliphatic rings. The summed E-state index contributed by atoms with van der Waals surface area (Å²) in [6, 6.07) is 4.17. The third-order valence-corrected chi connectivity index (χ3v) is 2.52. The van der Waals surface area contributed by atoms with Crippen LogP contribution in [0.15, 0.2) is 28.8 Å². The molecule has 0 bridgehead atoms. The summed E-state index contributed by atoms with van der Waals surface area (Å²) in [5.41, 5.74) is 4.35. The highest BCUT2D eigenvalue weighted by atomic mass is 19.4. The molecule has 102 valence electrons. The number of aromatic nitrogens is 1. The fourth-order valence-electron chi connectivity index (χ4n) is 1.61. The summed E-state index contributed by atoms with van der Waals surface area (Å²) >= 11 is 0. The molecule has 0 aliphatic carbocycles. The van der Waals surface area contributed by atoms with Crippen molar-refractivity contribution in [3.8, 4) is 11.3 Å². The topological polar surface area (TPSA) is 52.0 Å².